The van der Waals surface area contributed by atoms with Crippen molar-refractivity contribution in [3.8, 4) is 0 Å². The first kappa shape index (κ1) is 20.1. The van der Waals surface area contributed by atoms with Crippen LogP contribution in [0.4, 0.5) is 0 Å². The molecule has 1 saturated carbocycles. The molecule has 1 amide bonds. The first-order valence-electron chi connectivity index (χ1n) is 11.2. The van der Waals surface area contributed by atoms with Gasteiger partial charge < -0.3 is 9.73 Å². The van der Waals surface area contributed by atoms with Crippen molar-refractivity contribution in [3.63, 3.8) is 0 Å². The van der Waals surface area contributed by atoms with Crippen molar-refractivity contribution in [1.82, 2.24) is 15.2 Å². The fraction of sp³-hybridized carbons (Fsp3) is 0.583. The van der Waals surface area contributed by atoms with Crippen LogP contribution in [-0.2, 0) is 6.54 Å². The summed E-state index contributed by atoms with van der Waals surface area (Å²) in [5.74, 6) is 2.05. The van der Waals surface area contributed by atoms with Crippen LogP contribution < -0.4 is 5.32 Å². The molecule has 0 aromatic carbocycles. The molecule has 1 aliphatic heterocycles. The zero-order valence-corrected chi connectivity index (χ0v) is 17.5. The average Bonchev–Trinajstić information content (AvgIpc) is 3.26. The molecule has 0 radical (unpaired) electrons. The second kappa shape index (κ2) is 9.57. The Bertz CT molecular complexity index is 788. The number of nitrogens with zero attached hydrogens (tertiary/aromatic N) is 2. The van der Waals surface area contributed by atoms with E-state index in [1.54, 1.807) is 6.26 Å². The number of furan rings is 1. The van der Waals surface area contributed by atoms with Gasteiger partial charge in [0.2, 0.25) is 0 Å². The molecule has 0 unspecified atom stereocenters. The van der Waals surface area contributed by atoms with Gasteiger partial charge in [0.15, 0.2) is 0 Å². The lowest BCUT2D eigenvalue weighted by Gasteiger charge is -2.32. The Balaban J connectivity index is 1.38. The van der Waals surface area contributed by atoms with Crippen LogP contribution in [0.3, 0.4) is 0 Å². The number of likely N-dealkylation sites (tertiary alicyclic amines) is 1. The monoisotopic (exact) mass is 395 g/mol. The summed E-state index contributed by atoms with van der Waals surface area (Å²) in [6.45, 7) is 5.68. The second-order valence-electron chi connectivity index (χ2n) is 8.73. The van der Waals surface area contributed by atoms with Gasteiger partial charge >= 0.3 is 0 Å². The average molecular weight is 396 g/mol. The number of piperidine rings is 1. The highest BCUT2D eigenvalue weighted by Crippen LogP contribution is 2.30. The maximum atomic E-state index is 13.0. The number of carbonyl (C=O) groups excluding carboxylic acids is 1. The molecule has 2 fully saturated rings. The largest absolute Gasteiger partial charge is 0.468 e. The molecular formula is C24H33N3O2. The SMILES string of the molecule is Cc1ccc(C(=O)NCC2CCCCC2)c(C2CCN(Cc3ccco3)CC2)n1. The Labute approximate surface area is 173 Å². The molecule has 0 spiro atoms. The van der Waals surface area contributed by atoms with Gasteiger partial charge in [0, 0.05) is 18.2 Å². The summed E-state index contributed by atoms with van der Waals surface area (Å²) in [5, 5.41) is 3.20. The van der Waals surface area contributed by atoms with Crippen LogP contribution in [0.5, 0.6) is 0 Å². The molecule has 2 aromatic heterocycles. The predicted octanol–water partition coefficient (Wildman–Crippen LogP) is 4.67. The molecule has 5 heteroatoms. The number of hydrogen-bond donors (Lipinski definition) is 1. The van der Waals surface area contributed by atoms with Crippen molar-refractivity contribution in [2.45, 2.75) is 64.3 Å². The van der Waals surface area contributed by atoms with Crippen LogP contribution in [0.25, 0.3) is 0 Å². The van der Waals surface area contributed by atoms with E-state index in [0.29, 0.717) is 11.8 Å². The van der Waals surface area contributed by atoms with E-state index in [2.05, 4.69) is 10.2 Å². The molecule has 0 bridgehead atoms. The number of nitrogens with one attached hydrogen (secondary N) is 1. The van der Waals surface area contributed by atoms with Crippen molar-refractivity contribution in [1.29, 1.82) is 0 Å². The van der Waals surface area contributed by atoms with E-state index >= 15 is 0 Å². The number of pyridine rings is 1. The molecule has 29 heavy (non-hydrogen) atoms. The molecule has 1 N–H and O–H groups in total. The maximum absolute atomic E-state index is 13.0. The van der Waals surface area contributed by atoms with Crippen LogP contribution >= 0.6 is 0 Å². The van der Waals surface area contributed by atoms with Gasteiger partial charge in [-0.15, -0.1) is 0 Å². The number of aromatic nitrogens is 1. The van der Waals surface area contributed by atoms with Gasteiger partial charge in [-0.1, -0.05) is 19.3 Å². The Morgan fingerprint density at radius 1 is 1.14 bits per heavy atom. The minimum absolute atomic E-state index is 0.0519. The summed E-state index contributed by atoms with van der Waals surface area (Å²) in [6.07, 6.45) is 10.2. The van der Waals surface area contributed by atoms with Gasteiger partial charge in [0.25, 0.3) is 5.91 Å². The fourth-order valence-corrected chi connectivity index (χ4v) is 4.79. The van der Waals surface area contributed by atoms with E-state index < -0.39 is 0 Å². The van der Waals surface area contributed by atoms with Crippen LogP contribution in [0, 0.1) is 12.8 Å². The summed E-state index contributed by atoms with van der Waals surface area (Å²) in [6, 6.07) is 7.91. The van der Waals surface area contributed by atoms with E-state index in [9.17, 15) is 4.79 Å². The highest BCUT2D eigenvalue weighted by atomic mass is 16.3. The van der Waals surface area contributed by atoms with Gasteiger partial charge in [0.05, 0.1) is 24.1 Å². The molecule has 156 valence electrons. The van der Waals surface area contributed by atoms with Crippen molar-refractivity contribution in [2.75, 3.05) is 19.6 Å². The van der Waals surface area contributed by atoms with E-state index in [1.165, 1.54) is 32.1 Å². The molecule has 3 heterocycles. The third-order valence-electron chi connectivity index (χ3n) is 6.52. The zero-order valence-electron chi connectivity index (χ0n) is 17.5. The number of aryl methyl sites for hydroxylation is 1. The van der Waals surface area contributed by atoms with Gasteiger partial charge in [-0.2, -0.15) is 0 Å². The molecule has 1 saturated heterocycles. The molecule has 1 aliphatic carbocycles. The lowest BCUT2D eigenvalue weighted by molar-refractivity contribution is 0.0940. The van der Waals surface area contributed by atoms with E-state index in [0.717, 1.165) is 61.7 Å². The molecule has 4 rings (SSSR count). The summed E-state index contributed by atoms with van der Waals surface area (Å²) in [5.41, 5.74) is 2.75. The van der Waals surface area contributed by atoms with Crippen molar-refractivity contribution in [3.05, 3.63) is 53.2 Å². The van der Waals surface area contributed by atoms with Gasteiger partial charge in [-0.25, -0.2) is 0 Å². The maximum Gasteiger partial charge on any atom is 0.253 e. The molecule has 5 nitrogen and oxygen atoms in total. The topological polar surface area (TPSA) is 58.4 Å². The lowest BCUT2D eigenvalue weighted by atomic mass is 9.88. The molecule has 2 aliphatic rings. The van der Waals surface area contributed by atoms with E-state index in [-0.39, 0.29) is 5.91 Å². The second-order valence-corrected chi connectivity index (χ2v) is 8.73. The van der Waals surface area contributed by atoms with Crippen LogP contribution in [0.15, 0.2) is 34.9 Å². The van der Waals surface area contributed by atoms with Crippen molar-refractivity contribution >= 4 is 5.91 Å². The molecular weight excluding hydrogens is 362 g/mol. The Hall–Kier alpha value is -2.14. The minimum atomic E-state index is 0.0519. The standard InChI is InChI=1S/C24H33N3O2/c1-18-9-10-22(24(28)25-16-19-6-3-2-4-7-19)23(26-18)20-11-13-27(14-12-20)17-21-8-5-15-29-21/h5,8-10,15,19-20H,2-4,6-7,11-14,16-17H2,1H3,(H,25,28). The number of amides is 1. The molecule has 2 aromatic rings. The van der Waals surface area contributed by atoms with Gasteiger partial charge in [-0.05, 0) is 75.9 Å². The van der Waals surface area contributed by atoms with Gasteiger partial charge in [-0.3, -0.25) is 14.7 Å². The highest BCUT2D eigenvalue weighted by Gasteiger charge is 2.26. The highest BCUT2D eigenvalue weighted by molar-refractivity contribution is 5.95. The number of carbonyl (C=O) groups is 1. The molecule has 0 atom stereocenters. The van der Waals surface area contributed by atoms with Crippen molar-refractivity contribution in [2.24, 2.45) is 5.92 Å². The van der Waals surface area contributed by atoms with E-state index in [1.807, 2.05) is 31.2 Å². The quantitative estimate of drug-likeness (QED) is 0.772. The van der Waals surface area contributed by atoms with Crippen LogP contribution in [0.1, 0.15) is 78.4 Å². The Morgan fingerprint density at radius 2 is 1.93 bits per heavy atom. The van der Waals surface area contributed by atoms with Gasteiger partial charge in [0.1, 0.15) is 5.76 Å². The minimum Gasteiger partial charge on any atom is -0.468 e. The predicted molar refractivity (Wildman–Crippen MR) is 114 cm³/mol. The lowest BCUT2D eigenvalue weighted by Crippen LogP contribution is -2.34. The zero-order chi connectivity index (χ0) is 20.1. The first-order valence-corrected chi connectivity index (χ1v) is 11.2. The Morgan fingerprint density at radius 3 is 2.66 bits per heavy atom. The van der Waals surface area contributed by atoms with Crippen LogP contribution in [0.2, 0.25) is 0 Å². The fourth-order valence-electron chi connectivity index (χ4n) is 4.79. The third-order valence-corrected chi connectivity index (χ3v) is 6.52. The summed E-state index contributed by atoms with van der Waals surface area (Å²) >= 11 is 0. The normalized spacial score (nSPS) is 19.3. The first-order chi connectivity index (χ1) is 14.2. The van der Waals surface area contributed by atoms with Crippen LogP contribution in [-0.4, -0.2) is 35.4 Å². The van der Waals surface area contributed by atoms with E-state index in [4.69, 9.17) is 9.40 Å². The summed E-state index contributed by atoms with van der Waals surface area (Å²) < 4.78 is 5.48. The Kier molecular flexibility index (Phi) is 6.65. The van der Waals surface area contributed by atoms with Crippen molar-refractivity contribution < 1.29 is 9.21 Å². The number of rotatable bonds is 6. The summed E-state index contributed by atoms with van der Waals surface area (Å²) in [4.78, 5) is 20.2. The third kappa shape index (κ3) is 5.27. The smallest absolute Gasteiger partial charge is 0.253 e. The number of hydrogen-bond acceptors (Lipinski definition) is 4. The summed E-state index contributed by atoms with van der Waals surface area (Å²) in [7, 11) is 0.